The van der Waals surface area contributed by atoms with Crippen molar-refractivity contribution in [3.05, 3.63) is 51.9 Å². The summed E-state index contributed by atoms with van der Waals surface area (Å²) in [6.45, 7) is 7.10. The molecule has 1 fully saturated rings. The highest BCUT2D eigenvalue weighted by atomic mass is 16.4. The van der Waals surface area contributed by atoms with Crippen molar-refractivity contribution in [1.29, 1.82) is 0 Å². The Kier molecular flexibility index (Phi) is 7.82. The number of fused-ring (bicyclic) bond motifs is 1. The summed E-state index contributed by atoms with van der Waals surface area (Å²) in [7, 11) is 1.73. The number of aliphatic hydroxyl groups excluding tert-OH is 1. The maximum Gasteiger partial charge on any atom is 0.309 e. The van der Waals surface area contributed by atoms with Crippen molar-refractivity contribution >= 4 is 22.9 Å². The fraction of sp³-hybridized carbons (Fsp3) is 0.500. The van der Waals surface area contributed by atoms with E-state index in [0.717, 1.165) is 47.4 Å². The fourth-order valence-electron chi connectivity index (χ4n) is 5.39. The Balaban J connectivity index is 1.73. The molecular formula is C28H36N4O5. The number of nitrogens with zero attached hydrogens (tertiary/aromatic N) is 4. The number of aliphatic hydroxyl groups is 1. The van der Waals surface area contributed by atoms with Gasteiger partial charge in [-0.25, -0.2) is 4.98 Å². The average molecular weight is 509 g/mol. The van der Waals surface area contributed by atoms with E-state index in [4.69, 9.17) is 4.98 Å². The summed E-state index contributed by atoms with van der Waals surface area (Å²) in [5.74, 6) is -0.689. The van der Waals surface area contributed by atoms with Crippen molar-refractivity contribution in [3.63, 3.8) is 0 Å². The minimum Gasteiger partial charge on any atom is -0.481 e. The van der Waals surface area contributed by atoms with Crippen LogP contribution in [0.1, 0.15) is 44.2 Å². The summed E-state index contributed by atoms with van der Waals surface area (Å²) >= 11 is 0. The van der Waals surface area contributed by atoms with E-state index in [0.29, 0.717) is 31.5 Å². The molecule has 9 nitrogen and oxygen atoms in total. The number of likely N-dealkylation sites (tertiary alicyclic amines) is 1. The summed E-state index contributed by atoms with van der Waals surface area (Å²) in [6.07, 6.45) is 3.69. The molecule has 3 atom stereocenters. The Morgan fingerprint density at radius 3 is 2.65 bits per heavy atom. The zero-order valence-corrected chi connectivity index (χ0v) is 22.0. The Labute approximate surface area is 216 Å². The molecule has 198 valence electrons. The number of amides is 1. The molecule has 0 bridgehead atoms. The molecule has 9 heteroatoms. The number of aryl methyl sites for hydroxylation is 3. The van der Waals surface area contributed by atoms with E-state index in [9.17, 15) is 24.6 Å². The lowest BCUT2D eigenvalue weighted by atomic mass is 9.95. The maximum atomic E-state index is 12.3. The van der Waals surface area contributed by atoms with Gasteiger partial charge >= 0.3 is 5.97 Å². The molecule has 0 unspecified atom stereocenters. The van der Waals surface area contributed by atoms with E-state index in [1.165, 1.54) is 6.92 Å². The van der Waals surface area contributed by atoms with E-state index in [1.807, 2.05) is 29.2 Å². The van der Waals surface area contributed by atoms with Crippen LogP contribution in [0.2, 0.25) is 0 Å². The predicted molar refractivity (Wildman–Crippen MR) is 141 cm³/mol. The van der Waals surface area contributed by atoms with Gasteiger partial charge in [0.1, 0.15) is 5.82 Å². The van der Waals surface area contributed by atoms with Crippen LogP contribution >= 0.6 is 0 Å². The van der Waals surface area contributed by atoms with E-state index in [2.05, 4.69) is 4.57 Å². The first-order chi connectivity index (χ1) is 17.5. The predicted octanol–water partition coefficient (Wildman–Crippen LogP) is 2.98. The second-order valence-electron chi connectivity index (χ2n) is 10.4. The molecule has 3 aromatic rings. The molecule has 37 heavy (non-hydrogen) atoms. The molecule has 4 rings (SSSR count). The fourth-order valence-corrected chi connectivity index (χ4v) is 5.39. The number of pyridine rings is 1. The number of hydrogen-bond acceptors (Lipinski definition) is 5. The number of imidazole rings is 1. The van der Waals surface area contributed by atoms with Gasteiger partial charge in [0.2, 0.25) is 5.91 Å². The van der Waals surface area contributed by atoms with E-state index < -0.39 is 18.0 Å². The number of carbonyl (C=O) groups is 2. The van der Waals surface area contributed by atoms with Crippen LogP contribution < -0.4 is 5.56 Å². The molecule has 1 aliphatic rings. The van der Waals surface area contributed by atoms with Crippen LogP contribution in [0.25, 0.3) is 22.4 Å². The summed E-state index contributed by atoms with van der Waals surface area (Å²) in [4.78, 5) is 42.7. The number of piperidine rings is 1. The molecule has 1 amide bonds. The highest BCUT2D eigenvalue weighted by Crippen LogP contribution is 2.29. The van der Waals surface area contributed by atoms with Gasteiger partial charge in [0, 0.05) is 50.9 Å². The monoisotopic (exact) mass is 508 g/mol. The first kappa shape index (κ1) is 26.6. The maximum absolute atomic E-state index is 12.3. The molecule has 1 aliphatic heterocycles. The van der Waals surface area contributed by atoms with E-state index >= 15 is 0 Å². The number of benzene rings is 1. The van der Waals surface area contributed by atoms with Crippen LogP contribution in [0.5, 0.6) is 0 Å². The SMILES string of the molecule is CC(=O)N1CCC[C@@H](Cn2c(-c3cc(C)c(=O)n(C)c3)nc3cc(CC[C@H](C(=O)O)[C@@H](C)O)ccc32)C1. The topological polar surface area (TPSA) is 118 Å². The summed E-state index contributed by atoms with van der Waals surface area (Å²) in [6, 6.07) is 7.84. The zero-order chi connectivity index (χ0) is 26.9. The highest BCUT2D eigenvalue weighted by molar-refractivity contribution is 5.81. The molecule has 3 heterocycles. The molecule has 0 spiro atoms. The Morgan fingerprint density at radius 2 is 2.00 bits per heavy atom. The molecule has 2 N–H and O–H groups in total. The van der Waals surface area contributed by atoms with Gasteiger partial charge < -0.3 is 24.2 Å². The molecule has 1 saturated heterocycles. The quantitative estimate of drug-likeness (QED) is 0.483. The van der Waals surface area contributed by atoms with Gasteiger partial charge in [0.25, 0.3) is 5.56 Å². The normalized spacial score (nSPS) is 17.6. The molecular weight excluding hydrogens is 472 g/mol. The van der Waals surface area contributed by atoms with Crippen LogP contribution in [0.3, 0.4) is 0 Å². The van der Waals surface area contributed by atoms with Crippen LogP contribution in [0.15, 0.2) is 35.3 Å². The third kappa shape index (κ3) is 5.77. The van der Waals surface area contributed by atoms with Crippen molar-refractivity contribution in [2.45, 2.75) is 59.1 Å². The van der Waals surface area contributed by atoms with Crippen LogP contribution in [-0.4, -0.2) is 60.3 Å². The first-order valence-corrected chi connectivity index (χ1v) is 12.9. The Hall–Kier alpha value is -3.46. The number of aromatic nitrogens is 3. The third-order valence-electron chi connectivity index (χ3n) is 7.48. The van der Waals surface area contributed by atoms with Gasteiger partial charge in [-0.1, -0.05) is 6.07 Å². The van der Waals surface area contributed by atoms with Gasteiger partial charge in [-0.15, -0.1) is 0 Å². The summed E-state index contributed by atoms with van der Waals surface area (Å²) in [5, 5.41) is 19.2. The standard InChI is InChI=1S/C28H36N4O5/c1-17-12-22(16-30(4)27(17)35)26-29-24-13-20(7-9-23(18(2)33)28(36)37)8-10-25(24)32(26)15-21-6-5-11-31(14-21)19(3)34/h8,10,12-13,16,18,21,23,33H,5-7,9,11,14-15H2,1-4H3,(H,36,37)/t18-,21-,23+/m1/s1. The number of aliphatic carboxylic acids is 1. The molecule has 0 aliphatic carbocycles. The molecule has 1 aromatic carbocycles. The van der Waals surface area contributed by atoms with Gasteiger partial charge in [-0.05, 0) is 69.2 Å². The van der Waals surface area contributed by atoms with Gasteiger partial charge in [0.05, 0.1) is 23.1 Å². The second-order valence-corrected chi connectivity index (χ2v) is 10.4. The number of hydrogen-bond donors (Lipinski definition) is 2. The molecule has 0 radical (unpaired) electrons. The second kappa shape index (κ2) is 10.9. The van der Waals surface area contributed by atoms with Crippen LogP contribution in [-0.2, 0) is 29.6 Å². The van der Waals surface area contributed by atoms with Crippen molar-refractivity contribution in [2.75, 3.05) is 13.1 Å². The lowest BCUT2D eigenvalue weighted by Gasteiger charge is -2.32. The van der Waals surface area contributed by atoms with Crippen LogP contribution in [0, 0.1) is 18.8 Å². The minimum atomic E-state index is -1.00. The first-order valence-electron chi connectivity index (χ1n) is 12.9. The number of rotatable bonds is 8. The smallest absolute Gasteiger partial charge is 0.309 e. The lowest BCUT2D eigenvalue weighted by Crippen LogP contribution is -2.39. The summed E-state index contributed by atoms with van der Waals surface area (Å²) < 4.78 is 3.75. The van der Waals surface area contributed by atoms with Crippen molar-refractivity contribution in [1.82, 2.24) is 19.0 Å². The van der Waals surface area contributed by atoms with Crippen molar-refractivity contribution in [2.24, 2.45) is 18.9 Å². The Morgan fingerprint density at radius 1 is 1.24 bits per heavy atom. The molecule has 2 aromatic heterocycles. The van der Waals surface area contributed by atoms with E-state index in [-0.39, 0.29) is 17.4 Å². The largest absolute Gasteiger partial charge is 0.481 e. The summed E-state index contributed by atoms with van der Waals surface area (Å²) in [5.41, 5.74) is 4.13. The van der Waals surface area contributed by atoms with Gasteiger partial charge in [-0.3, -0.25) is 14.4 Å². The number of carboxylic acid groups (broad SMARTS) is 1. The van der Waals surface area contributed by atoms with Crippen molar-refractivity contribution in [3.8, 4) is 11.4 Å². The van der Waals surface area contributed by atoms with Gasteiger partial charge in [-0.2, -0.15) is 0 Å². The zero-order valence-electron chi connectivity index (χ0n) is 22.0. The number of carboxylic acids is 1. The number of carbonyl (C=O) groups excluding carboxylic acids is 1. The van der Waals surface area contributed by atoms with E-state index in [1.54, 1.807) is 31.7 Å². The van der Waals surface area contributed by atoms with Crippen molar-refractivity contribution < 1.29 is 19.8 Å². The lowest BCUT2D eigenvalue weighted by molar-refractivity contribution is -0.145. The average Bonchev–Trinajstić information content (AvgIpc) is 3.19. The molecule has 0 saturated carbocycles. The third-order valence-corrected chi connectivity index (χ3v) is 7.48. The van der Waals surface area contributed by atoms with Gasteiger partial charge in [0.15, 0.2) is 0 Å². The Bertz CT molecular complexity index is 1350. The minimum absolute atomic E-state index is 0.0517. The highest BCUT2D eigenvalue weighted by Gasteiger charge is 2.25. The van der Waals surface area contributed by atoms with Crippen LogP contribution in [0.4, 0.5) is 0 Å².